The van der Waals surface area contributed by atoms with Crippen LogP contribution in [0.5, 0.6) is 0 Å². The number of aryl methyl sites for hydroxylation is 1. The van der Waals surface area contributed by atoms with Crippen LogP contribution in [0.3, 0.4) is 0 Å². The van der Waals surface area contributed by atoms with Gasteiger partial charge in [-0.05, 0) is 17.7 Å². The zero-order valence-corrected chi connectivity index (χ0v) is 16.2. The van der Waals surface area contributed by atoms with E-state index < -0.39 is 5.92 Å². The first-order valence-corrected chi connectivity index (χ1v) is 9.48. The molecule has 1 aliphatic heterocycles. The summed E-state index contributed by atoms with van der Waals surface area (Å²) in [6.07, 6.45) is 5.33. The predicted molar refractivity (Wildman–Crippen MR) is 113 cm³/mol. The molecule has 4 aromatic rings. The Morgan fingerprint density at radius 3 is 2.53 bits per heavy atom. The van der Waals surface area contributed by atoms with Crippen LogP contribution in [0.2, 0.25) is 0 Å². The van der Waals surface area contributed by atoms with E-state index in [1.807, 2.05) is 72.4 Å². The van der Waals surface area contributed by atoms with E-state index in [0.717, 1.165) is 28.1 Å². The lowest BCUT2D eigenvalue weighted by molar-refractivity contribution is 0.407. The van der Waals surface area contributed by atoms with Crippen LogP contribution in [0.25, 0.3) is 16.9 Å². The summed E-state index contributed by atoms with van der Waals surface area (Å²) in [5, 5.41) is 28.0. The molecule has 0 saturated carbocycles. The zero-order chi connectivity index (χ0) is 20.7. The van der Waals surface area contributed by atoms with E-state index in [2.05, 4.69) is 16.4 Å². The SMILES string of the molecule is Cn1nc(-c2ccccc2)c2c1NC(O)=C(C#N)C2c1ccc(-n2ccnc2)cc1. The van der Waals surface area contributed by atoms with Crippen LogP contribution in [0.4, 0.5) is 5.82 Å². The van der Waals surface area contributed by atoms with Gasteiger partial charge >= 0.3 is 0 Å². The number of allylic oxidation sites excluding steroid dienone is 1. The van der Waals surface area contributed by atoms with Gasteiger partial charge in [0.1, 0.15) is 17.5 Å². The van der Waals surface area contributed by atoms with Crippen molar-refractivity contribution in [2.24, 2.45) is 7.05 Å². The number of aromatic nitrogens is 4. The number of aliphatic hydroxyl groups excluding tert-OH is 1. The Morgan fingerprint density at radius 1 is 1.10 bits per heavy atom. The van der Waals surface area contributed by atoms with Crippen LogP contribution in [0.15, 0.2) is 84.8 Å². The molecule has 1 aliphatic rings. The minimum Gasteiger partial charge on any atom is -0.494 e. The summed E-state index contributed by atoms with van der Waals surface area (Å²) in [5.41, 5.74) is 4.73. The summed E-state index contributed by atoms with van der Waals surface area (Å²) >= 11 is 0. The topological polar surface area (TPSA) is 91.7 Å². The van der Waals surface area contributed by atoms with Crippen LogP contribution in [-0.4, -0.2) is 24.4 Å². The molecule has 0 fully saturated rings. The highest BCUT2D eigenvalue weighted by Crippen LogP contribution is 2.45. The van der Waals surface area contributed by atoms with Gasteiger partial charge in [-0.3, -0.25) is 4.68 Å². The highest BCUT2D eigenvalue weighted by Gasteiger charge is 2.35. The second kappa shape index (κ2) is 6.94. The number of imidazole rings is 1. The lowest BCUT2D eigenvalue weighted by Crippen LogP contribution is -2.19. The Labute approximate surface area is 173 Å². The van der Waals surface area contributed by atoms with Gasteiger partial charge in [0.05, 0.1) is 17.9 Å². The average Bonchev–Trinajstić information content (AvgIpc) is 3.42. The molecule has 30 heavy (non-hydrogen) atoms. The number of hydrogen-bond donors (Lipinski definition) is 2. The summed E-state index contributed by atoms with van der Waals surface area (Å²) < 4.78 is 3.62. The van der Waals surface area contributed by atoms with E-state index in [9.17, 15) is 10.4 Å². The summed E-state index contributed by atoms with van der Waals surface area (Å²) in [5.74, 6) is 0.0948. The highest BCUT2D eigenvalue weighted by molar-refractivity contribution is 5.76. The zero-order valence-electron chi connectivity index (χ0n) is 16.2. The minimum atomic E-state index is -0.438. The molecule has 5 rings (SSSR count). The molecule has 0 bridgehead atoms. The van der Waals surface area contributed by atoms with E-state index >= 15 is 0 Å². The molecule has 7 heteroatoms. The average molecular weight is 394 g/mol. The quantitative estimate of drug-likeness (QED) is 0.545. The molecular weight excluding hydrogens is 376 g/mol. The third kappa shape index (κ3) is 2.74. The first kappa shape index (κ1) is 17.8. The van der Waals surface area contributed by atoms with Gasteiger partial charge in [0.2, 0.25) is 5.88 Å². The first-order valence-electron chi connectivity index (χ1n) is 9.48. The van der Waals surface area contributed by atoms with Crippen LogP contribution in [-0.2, 0) is 7.05 Å². The number of benzene rings is 2. The van der Waals surface area contributed by atoms with Crippen molar-refractivity contribution >= 4 is 5.82 Å². The van der Waals surface area contributed by atoms with Crippen LogP contribution in [0, 0.1) is 11.3 Å². The van der Waals surface area contributed by atoms with Crippen molar-refractivity contribution in [2.45, 2.75) is 5.92 Å². The Bertz CT molecular complexity index is 1280. The molecule has 3 heterocycles. The maximum atomic E-state index is 10.5. The van der Waals surface area contributed by atoms with Gasteiger partial charge in [-0.1, -0.05) is 42.5 Å². The van der Waals surface area contributed by atoms with Crippen LogP contribution >= 0.6 is 0 Å². The van der Waals surface area contributed by atoms with Gasteiger partial charge < -0.3 is 15.0 Å². The van der Waals surface area contributed by atoms with E-state index in [1.54, 1.807) is 17.2 Å². The molecule has 2 aromatic carbocycles. The molecule has 0 amide bonds. The fourth-order valence-corrected chi connectivity index (χ4v) is 3.93. The van der Waals surface area contributed by atoms with Crippen molar-refractivity contribution in [3.8, 4) is 23.0 Å². The predicted octanol–water partition coefficient (Wildman–Crippen LogP) is 4.12. The number of nitrogens with one attached hydrogen (secondary N) is 1. The molecule has 2 N–H and O–H groups in total. The molecule has 146 valence electrons. The Balaban J connectivity index is 1.69. The van der Waals surface area contributed by atoms with Gasteiger partial charge in [-0.25, -0.2) is 4.98 Å². The molecule has 1 unspecified atom stereocenters. The van der Waals surface area contributed by atoms with Gasteiger partial charge in [0.15, 0.2) is 0 Å². The van der Waals surface area contributed by atoms with E-state index in [1.165, 1.54) is 0 Å². The van der Waals surface area contributed by atoms with Crippen molar-refractivity contribution in [1.82, 2.24) is 19.3 Å². The number of nitrogens with zero attached hydrogens (tertiary/aromatic N) is 5. The van der Waals surface area contributed by atoms with E-state index in [-0.39, 0.29) is 11.5 Å². The minimum absolute atomic E-state index is 0.142. The highest BCUT2D eigenvalue weighted by atomic mass is 16.3. The fourth-order valence-electron chi connectivity index (χ4n) is 3.93. The molecule has 0 radical (unpaired) electrons. The van der Waals surface area contributed by atoms with Gasteiger partial charge in [-0.15, -0.1) is 0 Å². The molecule has 0 saturated heterocycles. The molecule has 7 nitrogen and oxygen atoms in total. The number of rotatable bonds is 3. The van der Waals surface area contributed by atoms with Crippen molar-refractivity contribution in [2.75, 3.05) is 5.32 Å². The smallest absolute Gasteiger partial charge is 0.204 e. The lowest BCUT2D eigenvalue weighted by atomic mass is 9.82. The Kier molecular flexibility index (Phi) is 4.11. The van der Waals surface area contributed by atoms with Crippen LogP contribution in [0.1, 0.15) is 17.0 Å². The van der Waals surface area contributed by atoms with Crippen molar-refractivity contribution in [1.29, 1.82) is 5.26 Å². The normalized spacial score (nSPS) is 15.4. The van der Waals surface area contributed by atoms with Crippen molar-refractivity contribution in [3.05, 3.63) is 95.9 Å². The Hall–Kier alpha value is -4.31. The number of nitriles is 1. The largest absolute Gasteiger partial charge is 0.494 e. The first-order chi connectivity index (χ1) is 14.7. The summed E-state index contributed by atoms with van der Waals surface area (Å²) in [4.78, 5) is 4.08. The third-order valence-electron chi connectivity index (χ3n) is 5.35. The molecule has 0 aliphatic carbocycles. The molecule has 2 aromatic heterocycles. The second-order valence-electron chi connectivity index (χ2n) is 7.09. The monoisotopic (exact) mass is 394 g/mol. The molecular formula is C23H18N6O. The summed E-state index contributed by atoms with van der Waals surface area (Å²) in [6, 6.07) is 19.9. The molecule has 0 spiro atoms. The van der Waals surface area contributed by atoms with Crippen molar-refractivity contribution < 1.29 is 5.11 Å². The van der Waals surface area contributed by atoms with E-state index in [4.69, 9.17) is 5.10 Å². The van der Waals surface area contributed by atoms with E-state index in [0.29, 0.717) is 5.82 Å². The fraction of sp³-hybridized carbons (Fsp3) is 0.0870. The second-order valence-corrected chi connectivity index (χ2v) is 7.09. The molecule has 1 atom stereocenters. The maximum Gasteiger partial charge on any atom is 0.204 e. The summed E-state index contributed by atoms with van der Waals surface area (Å²) in [7, 11) is 1.82. The van der Waals surface area contributed by atoms with Crippen molar-refractivity contribution in [3.63, 3.8) is 0 Å². The number of hydrogen-bond acceptors (Lipinski definition) is 5. The number of aliphatic hydroxyl groups is 1. The third-order valence-corrected chi connectivity index (χ3v) is 5.35. The Morgan fingerprint density at radius 2 is 1.87 bits per heavy atom. The van der Waals surface area contributed by atoms with Gasteiger partial charge in [-0.2, -0.15) is 10.4 Å². The standard InChI is InChI=1S/C23H18N6O/c1-28-22-20(21(27-28)16-5-3-2-4-6-16)19(18(13-24)23(30)26-22)15-7-9-17(10-8-15)29-12-11-25-14-29/h2-12,14,19,26,30H,1H3. The van der Waals surface area contributed by atoms with Crippen LogP contribution < -0.4 is 5.32 Å². The lowest BCUT2D eigenvalue weighted by Gasteiger charge is -2.25. The van der Waals surface area contributed by atoms with Gasteiger partial charge in [0.25, 0.3) is 0 Å². The summed E-state index contributed by atoms with van der Waals surface area (Å²) in [6.45, 7) is 0. The number of fused-ring (bicyclic) bond motifs is 1. The van der Waals surface area contributed by atoms with Gasteiger partial charge in [0, 0.05) is 36.3 Å². The number of anilines is 1. The maximum absolute atomic E-state index is 10.5.